The molecule has 19 nitrogen and oxygen atoms in total. The molecule has 368 valence electrons. The number of allylic oxidation sites excluding steroid dienone is 3. The van der Waals surface area contributed by atoms with Crippen LogP contribution in [0.25, 0.3) is 0 Å². The maximum absolute atomic E-state index is 12.9. The fourth-order valence-electron chi connectivity index (χ4n) is 6.97. The van der Waals surface area contributed by atoms with Crippen molar-refractivity contribution in [3.63, 3.8) is 0 Å². The summed E-state index contributed by atoms with van der Waals surface area (Å²) in [5.41, 5.74) is 9.35. The predicted octanol–water partition coefficient (Wildman–Crippen LogP) is 6.17. The van der Waals surface area contributed by atoms with Crippen molar-refractivity contribution in [1.29, 1.82) is 0 Å². The third-order valence-electron chi connectivity index (χ3n) is 9.79. The molecule has 0 aliphatic carbocycles. The summed E-state index contributed by atoms with van der Waals surface area (Å²) in [6, 6.07) is 20.3. The topological polar surface area (TPSA) is 271 Å². The van der Waals surface area contributed by atoms with Gasteiger partial charge in [-0.2, -0.15) is 8.42 Å². The van der Waals surface area contributed by atoms with Gasteiger partial charge >= 0.3 is 23.9 Å². The van der Waals surface area contributed by atoms with Gasteiger partial charge in [-0.3, -0.25) is 14.7 Å². The first-order valence-corrected chi connectivity index (χ1v) is 22.9. The van der Waals surface area contributed by atoms with Crippen LogP contribution in [0.1, 0.15) is 64.5 Å². The summed E-state index contributed by atoms with van der Waals surface area (Å²) in [6.07, 6.45) is -0.382. The minimum Gasteiger partial charge on any atom is -0.466 e. The van der Waals surface area contributed by atoms with E-state index in [-0.39, 0.29) is 59.8 Å². The Hall–Kier alpha value is -6.42. The molecular weight excluding hydrogens is 928 g/mol. The second-order valence-electron chi connectivity index (χ2n) is 14.9. The number of nitro benzene ring substituents is 1. The molecule has 0 bridgehead atoms. The zero-order valence-corrected chi connectivity index (χ0v) is 40.5. The van der Waals surface area contributed by atoms with Crippen LogP contribution in [0.4, 0.5) is 5.69 Å². The number of nitrogens with two attached hydrogens (primary N) is 1. The van der Waals surface area contributed by atoms with Gasteiger partial charge in [0.2, 0.25) is 0 Å². The molecule has 2 heterocycles. The van der Waals surface area contributed by atoms with Gasteiger partial charge < -0.3 is 44.8 Å². The third kappa shape index (κ3) is 15.3. The number of halogens is 1. The average molecular weight is 986 g/mol. The highest BCUT2D eigenvalue weighted by Gasteiger charge is 2.41. The molecular formula is C47H57ClN4O15S. The molecule has 0 amide bonds. The van der Waals surface area contributed by atoms with Crippen LogP contribution < -0.4 is 16.4 Å². The Bertz CT molecular complexity index is 2540. The van der Waals surface area contributed by atoms with Gasteiger partial charge in [-0.05, 0) is 70.9 Å². The molecule has 2 aliphatic rings. The molecule has 2 unspecified atom stereocenters. The molecule has 3 aromatic rings. The fourth-order valence-corrected chi connectivity index (χ4v) is 7.72. The van der Waals surface area contributed by atoms with E-state index in [9.17, 15) is 37.7 Å². The van der Waals surface area contributed by atoms with Crippen molar-refractivity contribution < 1.29 is 65.5 Å². The van der Waals surface area contributed by atoms with E-state index in [1.54, 1.807) is 90.1 Å². The highest BCUT2D eigenvalue weighted by atomic mass is 35.5. The van der Waals surface area contributed by atoms with Gasteiger partial charge in [0.15, 0.2) is 0 Å². The number of nitrogens with zero attached hydrogens (tertiary/aromatic N) is 1. The van der Waals surface area contributed by atoms with Gasteiger partial charge in [0.05, 0.1) is 89.3 Å². The third-order valence-corrected chi connectivity index (χ3v) is 11.0. The Labute approximate surface area is 400 Å². The summed E-state index contributed by atoms with van der Waals surface area (Å²) in [6.45, 7) is 11.5. The van der Waals surface area contributed by atoms with Crippen LogP contribution in [0.5, 0.6) is 0 Å². The molecule has 21 heteroatoms. The normalized spacial score (nSPS) is 15.8. The van der Waals surface area contributed by atoms with Gasteiger partial charge in [0.1, 0.15) is 6.61 Å². The Kier molecular flexibility index (Phi) is 22.0. The van der Waals surface area contributed by atoms with Crippen LogP contribution in [-0.4, -0.2) is 102 Å². The molecule has 0 saturated carbocycles. The quantitative estimate of drug-likeness (QED) is 0.0294. The van der Waals surface area contributed by atoms with Crippen LogP contribution in [0.3, 0.4) is 0 Å². The smallest absolute Gasteiger partial charge is 0.337 e. The van der Waals surface area contributed by atoms with Crippen LogP contribution in [0.15, 0.2) is 129 Å². The van der Waals surface area contributed by atoms with Gasteiger partial charge in [-0.15, -0.1) is 0 Å². The van der Waals surface area contributed by atoms with Crippen molar-refractivity contribution in [1.82, 2.24) is 10.6 Å². The summed E-state index contributed by atoms with van der Waals surface area (Å²) in [7, 11) is -1.23. The molecule has 5 N–H and O–H groups in total. The lowest BCUT2D eigenvalue weighted by Gasteiger charge is -2.31. The molecule has 0 fully saturated rings. The lowest BCUT2D eigenvalue weighted by molar-refractivity contribution is -0.384. The molecule has 5 rings (SSSR count). The van der Waals surface area contributed by atoms with E-state index in [1.807, 2.05) is 0 Å². The summed E-state index contributed by atoms with van der Waals surface area (Å²) >= 11 is 6.42. The first-order chi connectivity index (χ1) is 32.2. The maximum Gasteiger partial charge on any atom is 0.337 e. The SMILES string of the molecule is CCOC(=O)C1=C(COCCN)NC(C)=C(C(=O)OC)C1c1ccccc1Cl.COCCOC(=O)C1=C(C)NC(C)=C(C(=O)OC(C)C)C1c1cccc([N+](=O)[O-])c1.O=S(=O)(O)c1ccccc1. The number of benzene rings is 3. The number of methoxy groups -OCH3 is 2. The van der Waals surface area contributed by atoms with Crippen LogP contribution in [0, 0.1) is 10.1 Å². The van der Waals surface area contributed by atoms with E-state index in [1.165, 1.54) is 44.6 Å². The van der Waals surface area contributed by atoms with Crippen molar-refractivity contribution in [2.75, 3.05) is 53.8 Å². The average Bonchev–Trinajstić information content (AvgIpc) is 3.29. The molecule has 2 atom stereocenters. The van der Waals surface area contributed by atoms with Gasteiger partial charge in [-0.25, -0.2) is 19.2 Å². The number of ether oxygens (including phenoxy) is 6. The Morgan fingerprint density at radius 3 is 1.91 bits per heavy atom. The number of rotatable bonds is 17. The number of dihydropyridines is 2. The van der Waals surface area contributed by atoms with Crippen LogP contribution in [-0.2, 0) is 57.7 Å². The Morgan fingerprint density at radius 1 is 0.779 bits per heavy atom. The van der Waals surface area contributed by atoms with E-state index in [4.69, 9.17) is 50.3 Å². The van der Waals surface area contributed by atoms with Crippen molar-refractivity contribution in [3.05, 3.63) is 150 Å². The Balaban J connectivity index is 0.000000300. The largest absolute Gasteiger partial charge is 0.466 e. The van der Waals surface area contributed by atoms with Crippen molar-refractivity contribution >= 4 is 51.3 Å². The second-order valence-corrected chi connectivity index (χ2v) is 16.8. The Morgan fingerprint density at radius 2 is 1.37 bits per heavy atom. The van der Waals surface area contributed by atoms with Gasteiger partial charge in [-0.1, -0.05) is 60.1 Å². The molecule has 2 aliphatic heterocycles. The number of hydrogen-bond acceptors (Lipinski definition) is 17. The predicted molar refractivity (Wildman–Crippen MR) is 250 cm³/mol. The van der Waals surface area contributed by atoms with Gasteiger partial charge in [0, 0.05) is 47.9 Å². The summed E-state index contributed by atoms with van der Waals surface area (Å²) < 4.78 is 60.6. The highest BCUT2D eigenvalue weighted by molar-refractivity contribution is 7.85. The molecule has 3 aromatic carbocycles. The fraction of sp³-hybridized carbons (Fsp3) is 0.362. The molecule has 68 heavy (non-hydrogen) atoms. The summed E-state index contributed by atoms with van der Waals surface area (Å²) in [4.78, 5) is 62.0. The minimum atomic E-state index is -4.00. The molecule has 0 saturated heterocycles. The maximum atomic E-state index is 12.9. The number of nitrogens with one attached hydrogen (secondary N) is 2. The number of carbonyl (C=O) groups excluding carboxylic acids is 4. The van der Waals surface area contributed by atoms with E-state index >= 15 is 0 Å². The highest BCUT2D eigenvalue weighted by Crippen LogP contribution is 2.43. The summed E-state index contributed by atoms with van der Waals surface area (Å²) in [5.74, 6) is -4.00. The van der Waals surface area contributed by atoms with Crippen LogP contribution >= 0.6 is 11.6 Å². The first kappa shape index (κ1) is 55.9. The number of non-ortho nitro benzene ring substituents is 1. The molecule has 0 spiro atoms. The lowest BCUT2D eigenvalue weighted by atomic mass is 9.80. The van der Waals surface area contributed by atoms with Gasteiger partial charge in [0.25, 0.3) is 15.8 Å². The molecule has 0 radical (unpaired) electrons. The van der Waals surface area contributed by atoms with E-state index < -0.39 is 50.8 Å². The number of nitro groups is 1. The van der Waals surface area contributed by atoms with Crippen molar-refractivity contribution in [2.24, 2.45) is 5.73 Å². The first-order valence-electron chi connectivity index (χ1n) is 21.0. The van der Waals surface area contributed by atoms with Crippen molar-refractivity contribution in [2.45, 2.75) is 64.4 Å². The van der Waals surface area contributed by atoms with E-state index in [0.29, 0.717) is 57.7 Å². The number of carbonyl (C=O) groups is 4. The number of hydrogen-bond donors (Lipinski definition) is 4. The number of esters is 4. The van der Waals surface area contributed by atoms with Crippen LogP contribution in [0.2, 0.25) is 5.02 Å². The van der Waals surface area contributed by atoms with E-state index in [2.05, 4.69) is 10.6 Å². The lowest BCUT2D eigenvalue weighted by Crippen LogP contribution is -2.35. The zero-order valence-electron chi connectivity index (χ0n) is 39.0. The standard InChI is InChI=1S/C21H26N2O7.C20H25ClN2O5.C6H6O3S/c1-12(2)30-21(25)18-14(4)22-13(3)17(20(24)29-10-9-28-5)19(18)15-7-6-8-16(11-15)23(26)27;1-4-28-20(25)18-15(11-27-10-9-22)23-12(2)16(19(24)26-3)17(18)13-7-5-6-8-14(13)21;7-10(8,9)6-4-2-1-3-5-6/h6-8,11-12,19,22H,9-10H2,1-5H3;5-8,17,23H,4,9-11,22H2,1-3H3;1-5H,(H,7,8,9). The zero-order chi connectivity index (χ0) is 50.7. The monoisotopic (exact) mass is 984 g/mol. The summed E-state index contributed by atoms with van der Waals surface area (Å²) in [5, 5.41) is 17.8. The minimum absolute atomic E-state index is 0.0300. The van der Waals surface area contributed by atoms with Crippen molar-refractivity contribution in [3.8, 4) is 0 Å². The molecule has 0 aromatic heterocycles. The second kappa shape index (κ2) is 26.8. The van der Waals surface area contributed by atoms with E-state index in [0.717, 1.165) is 0 Å².